The lowest BCUT2D eigenvalue weighted by molar-refractivity contribution is -0.163. The third-order valence-corrected chi connectivity index (χ3v) is 5.47. The zero-order valence-electron chi connectivity index (χ0n) is 28.5. The van der Waals surface area contributed by atoms with Crippen molar-refractivity contribution in [2.75, 3.05) is 13.1 Å². The van der Waals surface area contributed by atoms with Gasteiger partial charge in [0, 0.05) is 24.2 Å². The summed E-state index contributed by atoms with van der Waals surface area (Å²) in [5, 5.41) is 5.32. The van der Waals surface area contributed by atoms with Crippen LogP contribution in [0.4, 0.5) is 0 Å². The summed E-state index contributed by atoms with van der Waals surface area (Å²) in [7, 11) is 0. The number of carbonyl (C=O) groups is 6. The molecule has 0 aromatic heterocycles. The van der Waals surface area contributed by atoms with E-state index in [2.05, 4.69) is 21.6 Å². The van der Waals surface area contributed by atoms with E-state index in [4.69, 9.17) is 19.1 Å². The van der Waals surface area contributed by atoms with E-state index in [-0.39, 0.29) is 23.0 Å². The fourth-order valence-electron chi connectivity index (χ4n) is 3.45. The van der Waals surface area contributed by atoms with Crippen LogP contribution in [0.1, 0.15) is 103 Å². The van der Waals surface area contributed by atoms with Crippen molar-refractivity contribution in [1.82, 2.24) is 21.6 Å². The predicted molar refractivity (Wildman–Crippen MR) is 168 cm³/mol. The Bertz CT molecular complexity index is 1130. The van der Waals surface area contributed by atoms with Crippen LogP contribution >= 0.6 is 0 Å². The van der Waals surface area contributed by atoms with E-state index in [9.17, 15) is 28.8 Å². The zero-order valence-corrected chi connectivity index (χ0v) is 28.5. The second kappa shape index (κ2) is 18.2. The number of ether oxygens (including phenoxy) is 2. The fourth-order valence-corrected chi connectivity index (χ4v) is 3.45. The van der Waals surface area contributed by atoms with E-state index in [1.54, 1.807) is 41.5 Å². The molecule has 1 aromatic rings. The molecule has 0 saturated carbocycles. The highest BCUT2D eigenvalue weighted by Crippen LogP contribution is 2.13. The SMILES string of the molecule is CC(C)CNC(=O)[C@@H](CC(=O)OC(C)(C)C)ONC(=O)c1cccc(C(=O)NO[C@H](CC(=O)OC(C)(C)C)C(=O)NCC(C)C)c1. The topological polar surface area (TPSA) is 187 Å². The van der Waals surface area contributed by atoms with Gasteiger partial charge in [0.2, 0.25) is 0 Å². The third kappa shape index (κ3) is 16.9. The van der Waals surface area contributed by atoms with Crippen LogP contribution < -0.4 is 21.6 Å². The molecule has 4 amide bonds. The Hall–Kier alpha value is -4.04. The molecule has 0 radical (unpaired) electrons. The van der Waals surface area contributed by atoms with Crippen molar-refractivity contribution in [3.05, 3.63) is 35.4 Å². The normalized spacial score (nSPS) is 13.0. The van der Waals surface area contributed by atoms with Crippen LogP contribution in [0.25, 0.3) is 0 Å². The lowest BCUT2D eigenvalue weighted by atomic mass is 10.1. The van der Waals surface area contributed by atoms with Crippen LogP contribution in [-0.2, 0) is 38.3 Å². The van der Waals surface area contributed by atoms with Crippen LogP contribution in [0.3, 0.4) is 0 Å². The monoisotopic (exact) mass is 650 g/mol. The van der Waals surface area contributed by atoms with Gasteiger partial charge in [0.05, 0.1) is 12.8 Å². The Morgan fingerprint density at radius 2 is 0.978 bits per heavy atom. The Kier molecular flexibility index (Phi) is 15.8. The van der Waals surface area contributed by atoms with Gasteiger partial charge in [0.25, 0.3) is 23.6 Å². The molecule has 258 valence electrons. The number of nitrogens with one attached hydrogen (secondary N) is 4. The number of hydrogen-bond donors (Lipinski definition) is 4. The molecule has 46 heavy (non-hydrogen) atoms. The van der Waals surface area contributed by atoms with Crippen molar-refractivity contribution in [2.45, 2.75) is 105 Å². The van der Waals surface area contributed by atoms with Crippen LogP contribution in [0.2, 0.25) is 0 Å². The Morgan fingerprint density at radius 1 is 0.630 bits per heavy atom. The minimum Gasteiger partial charge on any atom is -0.460 e. The molecule has 0 aliphatic rings. The van der Waals surface area contributed by atoms with Gasteiger partial charge in [-0.1, -0.05) is 33.8 Å². The Morgan fingerprint density at radius 3 is 1.28 bits per heavy atom. The Labute approximate surface area is 270 Å². The maximum Gasteiger partial charge on any atom is 0.309 e. The van der Waals surface area contributed by atoms with Gasteiger partial charge >= 0.3 is 11.9 Å². The summed E-state index contributed by atoms with van der Waals surface area (Å²) in [5.74, 6) is -4.01. The highest BCUT2D eigenvalue weighted by molar-refractivity contribution is 5.99. The van der Waals surface area contributed by atoms with E-state index in [1.165, 1.54) is 24.3 Å². The maximum absolute atomic E-state index is 12.9. The first-order valence-corrected chi connectivity index (χ1v) is 15.2. The number of hydroxylamine groups is 2. The fraction of sp³-hybridized carbons (Fsp3) is 0.625. The van der Waals surface area contributed by atoms with E-state index in [0.717, 1.165) is 0 Å². The van der Waals surface area contributed by atoms with Gasteiger partial charge in [-0.2, -0.15) is 0 Å². The standard InChI is InChI=1S/C32H50N4O10/c1-19(2)17-33-29(41)23(15-25(37)43-31(5,6)7)45-35-27(39)21-12-11-13-22(14-21)28(40)36-46-24(30(42)34-18-20(3)4)16-26(38)44-32(8,9)10/h11-14,19-20,23-24H,15-18H2,1-10H3,(H,33,41)(H,34,42)(H,35,39)(H,36,40)/t23-,24-/m1/s1. The Balaban J connectivity index is 2.97. The second-order valence-corrected chi connectivity index (χ2v) is 13.5. The molecular weight excluding hydrogens is 600 g/mol. The van der Waals surface area contributed by atoms with Gasteiger partial charge in [0.15, 0.2) is 12.2 Å². The first kappa shape index (κ1) is 40.0. The summed E-state index contributed by atoms with van der Waals surface area (Å²) in [6.45, 7) is 18.3. The molecule has 4 N–H and O–H groups in total. The van der Waals surface area contributed by atoms with Gasteiger partial charge in [-0.3, -0.25) is 38.4 Å². The average molecular weight is 651 g/mol. The third-order valence-electron chi connectivity index (χ3n) is 5.47. The smallest absolute Gasteiger partial charge is 0.309 e. The number of benzene rings is 1. The van der Waals surface area contributed by atoms with Crippen LogP contribution in [-0.4, -0.2) is 72.1 Å². The number of rotatable bonds is 16. The molecule has 14 nitrogen and oxygen atoms in total. The molecule has 0 aliphatic carbocycles. The van der Waals surface area contributed by atoms with Crippen molar-refractivity contribution in [2.24, 2.45) is 11.8 Å². The maximum atomic E-state index is 12.9. The van der Waals surface area contributed by atoms with Gasteiger partial charge in [-0.15, -0.1) is 0 Å². The molecule has 14 heteroatoms. The van der Waals surface area contributed by atoms with Gasteiger partial charge in [-0.05, 0) is 71.6 Å². The van der Waals surface area contributed by atoms with Crippen molar-refractivity contribution >= 4 is 35.6 Å². The van der Waals surface area contributed by atoms with Crippen LogP contribution in [0.5, 0.6) is 0 Å². The molecule has 0 fully saturated rings. The highest BCUT2D eigenvalue weighted by atomic mass is 16.7. The summed E-state index contributed by atoms with van der Waals surface area (Å²) in [6.07, 6.45) is -3.70. The van der Waals surface area contributed by atoms with E-state index in [0.29, 0.717) is 13.1 Å². The number of esters is 2. The van der Waals surface area contributed by atoms with Gasteiger partial charge in [0.1, 0.15) is 11.2 Å². The zero-order chi connectivity index (χ0) is 35.2. The minimum absolute atomic E-state index is 0.0220. The van der Waals surface area contributed by atoms with Crippen molar-refractivity contribution < 1.29 is 47.9 Å². The summed E-state index contributed by atoms with van der Waals surface area (Å²) >= 11 is 0. The number of hydrogen-bond acceptors (Lipinski definition) is 10. The number of amides is 4. The summed E-state index contributed by atoms with van der Waals surface area (Å²) in [5.41, 5.74) is 2.68. The summed E-state index contributed by atoms with van der Waals surface area (Å²) in [6, 6.07) is 5.43. The van der Waals surface area contributed by atoms with Gasteiger partial charge in [-0.25, -0.2) is 11.0 Å². The quantitative estimate of drug-likeness (QED) is 0.153. The minimum atomic E-state index is -1.39. The predicted octanol–water partition coefficient (Wildman–Crippen LogP) is 2.75. The van der Waals surface area contributed by atoms with Crippen molar-refractivity contribution in [1.29, 1.82) is 0 Å². The molecule has 0 spiro atoms. The lowest BCUT2D eigenvalue weighted by Crippen LogP contribution is -2.44. The molecular formula is C32H50N4O10. The van der Waals surface area contributed by atoms with Crippen molar-refractivity contribution in [3.63, 3.8) is 0 Å². The lowest BCUT2D eigenvalue weighted by Gasteiger charge is -2.22. The molecule has 0 aliphatic heterocycles. The summed E-state index contributed by atoms with van der Waals surface area (Å²) in [4.78, 5) is 86.6. The molecule has 0 heterocycles. The van der Waals surface area contributed by atoms with Gasteiger partial charge < -0.3 is 20.1 Å². The van der Waals surface area contributed by atoms with E-state index < -0.39 is 71.8 Å². The molecule has 0 unspecified atom stereocenters. The second-order valence-electron chi connectivity index (χ2n) is 13.5. The van der Waals surface area contributed by atoms with Crippen molar-refractivity contribution in [3.8, 4) is 0 Å². The largest absolute Gasteiger partial charge is 0.460 e. The first-order valence-electron chi connectivity index (χ1n) is 15.2. The molecule has 1 rings (SSSR count). The average Bonchev–Trinajstić information content (AvgIpc) is 2.92. The van der Waals surface area contributed by atoms with E-state index >= 15 is 0 Å². The first-order chi connectivity index (χ1) is 21.2. The summed E-state index contributed by atoms with van der Waals surface area (Å²) < 4.78 is 10.6. The molecule has 2 atom stereocenters. The molecule has 0 bridgehead atoms. The molecule has 0 saturated heterocycles. The number of carbonyl (C=O) groups excluding carboxylic acids is 6. The molecule has 1 aromatic carbocycles. The van der Waals surface area contributed by atoms with E-state index in [1.807, 2.05) is 27.7 Å². The van der Waals surface area contributed by atoms with Crippen LogP contribution in [0, 0.1) is 11.8 Å². The van der Waals surface area contributed by atoms with Crippen LogP contribution in [0.15, 0.2) is 24.3 Å². The highest BCUT2D eigenvalue weighted by Gasteiger charge is 2.29.